The van der Waals surface area contributed by atoms with Crippen molar-refractivity contribution in [2.24, 2.45) is 0 Å². The molecule has 0 aromatic heterocycles. The van der Waals surface area contributed by atoms with Gasteiger partial charge in [-0.25, -0.2) is 9.68 Å². The Bertz CT molecular complexity index is 227. The number of hydrogen-bond acceptors (Lipinski definition) is 5. The minimum atomic E-state index is -0.980. The topological polar surface area (TPSA) is 54.0 Å². The highest BCUT2D eigenvalue weighted by Crippen LogP contribution is 2.04. The minimum Gasteiger partial charge on any atom is -0.428 e. The van der Waals surface area contributed by atoms with Crippen molar-refractivity contribution in [1.82, 2.24) is 0 Å². The molecule has 0 unspecified atom stereocenters. The molecule has 80 valence electrons. The van der Waals surface area contributed by atoms with Crippen LogP contribution < -0.4 is 0 Å². The Labute approximate surface area is 82.8 Å². The van der Waals surface area contributed by atoms with Gasteiger partial charge < -0.3 is 9.62 Å². The van der Waals surface area contributed by atoms with Crippen LogP contribution in [0.4, 0.5) is 4.79 Å². The number of carbonyl (C=O) groups is 1. The van der Waals surface area contributed by atoms with Crippen LogP contribution >= 0.6 is 0 Å². The molecular weight excluding hydrogens is 188 g/mol. The molecule has 0 radical (unpaired) electrons. The summed E-state index contributed by atoms with van der Waals surface area (Å²) in [5.74, 6) is 0.515. The average molecular weight is 202 g/mol. The van der Waals surface area contributed by atoms with Crippen molar-refractivity contribution >= 4 is 6.16 Å². The van der Waals surface area contributed by atoms with Gasteiger partial charge in [0.05, 0.1) is 0 Å². The summed E-state index contributed by atoms with van der Waals surface area (Å²) in [6, 6.07) is 0. The zero-order chi connectivity index (χ0) is 11.0. The summed E-state index contributed by atoms with van der Waals surface area (Å²) >= 11 is 0. The van der Waals surface area contributed by atoms with E-state index in [1.165, 1.54) is 6.08 Å². The molecule has 0 rings (SSSR count). The smallest absolute Gasteiger partial charge is 0.428 e. The van der Waals surface area contributed by atoms with E-state index in [9.17, 15) is 4.79 Å². The van der Waals surface area contributed by atoms with Crippen molar-refractivity contribution < 1.29 is 24.3 Å². The summed E-state index contributed by atoms with van der Waals surface area (Å²) in [4.78, 5) is 19.3. The van der Waals surface area contributed by atoms with Gasteiger partial charge in [-0.05, 0) is 26.3 Å². The molecule has 0 aromatic carbocycles. The average Bonchev–Trinajstić information content (AvgIpc) is 2.14. The van der Waals surface area contributed by atoms with Crippen molar-refractivity contribution in [2.75, 3.05) is 6.61 Å². The summed E-state index contributed by atoms with van der Waals surface area (Å²) in [6.45, 7) is 8.74. The Morgan fingerprint density at radius 3 is 2.43 bits per heavy atom. The molecule has 0 heterocycles. The van der Waals surface area contributed by atoms with Crippen LogP contribution in [-0.2, 0) is 19.6 Å². The maximum absolute atomic E-state index is 10.6. The molecule has 0 N–H and O–H groups in total. The molecule has 0 aromatic rings. The Hall–Kier alpha value is -1.49. The van der Waals surface area contributed by atoms with E-state index in [4.69, 9.17) is 0 Å². The molecule has 5 nitrogen and oxygen atoms in total. The minimum absolute atomic E-state index is 0.0593. The summed E-state index contributed by atoms with van der Waals surface area (Å²) in [6.07, 6.45) is 0.426. The predicted molar refractivity (Wildman–Crippen MR) is 48.8 cm³/mol. The molecular formula is C9H14O5. The first-order valence-electron chi connectivity index (χ1n) is 4.01. The Kier molecular flexibility index (Phi) is 6.22. The Balaban J connectivity index is 3.59. The van der Waals surface area contributed by atoms with Gasteiger partial charge in [-0.2, -0.15) is 0 Å². The molecule has 0 atom stereocenters. The SMILES string of the molecule is C=CCOC(=O)OOOC(C)=C(C)C. The van der Waals surface area contributed by atoms with Gasteiger partial charge in [0.25, 0.3) is 0 Å². The molecule has 0 bridgehead atoms. The second kappa shape index (κ2) is 6.97. The van der Waals surface area contributed by atoms with Gasteiger partial charge in [-0.1, -0.05) is 12.7 Å². The quantitative estimate of drug-likeness (QED) is 0.225. The summed E-state index contributed by atoms with van der Waals surface area (Å²) in [5, 5.41) is 4.15. The van der Waals surface area contributed by atoms with Gasteiger partial charge in [0.2, 0.25) is 0 Å². The van der Waals surface area contributed by atoms with Crippen LogP contribution in [0.1, 0.15) is 20.8 Å². The third-order valence-corrected chi connectivity index (χ3v) is 1.28. The highest BCUT2D eigenvalue weighted by atomic mass is 17.5. The molecule has 0 aliphatic carbocycles. The van der Waals surface area contributed by atoms with Crippen LogP contribution in [0.2, 0.25) is 0 Å². The number of allylic oxidation sites excluding steroid dienone is 2. The van der Waals surface area contributed by atoms with Crippen LogP contribution in [0.25, 0.3) is 0 Å². The first-order valence-corrected chi connectivity index (χ1v) is 4.01. The van der Waals surface area contributed by atoms with Gasteiger partial charge in [0.15, 0.2) is 0 Å². The van der Waals surface area contributed by atoms with E-state index in [2.05, 4.69) is 26.1 Å². The maximum Gasteiger partial charge on any atom is 0.543 e. The Morgan fingerprint density at radius 2 is 1.93 bits per heavy atom. The molecule has 0 fully saturated rings. The van der Waals surface area contributed by atoms with Crippen molar-refractivity contribution in [3.05, 3.63) is 24.0 Å². The van der Waals surface area contributed by atoms with E-state index >= 15 is 0 Å². The molecule has 5 heteroatoms. The highest BCUT2D eigenvalue weighted by molar-refractivity contribution is 5.59. The number of hydrogen-bond donors (Lipinski definition) is 0. The highest BCUT2D eigenvalue weighted by Gasteiger charge is 2.04. The number of ether oxygens (including phenoxy) is 1. The zero-order valence-electron chi connectivity index (χ0n) is 8.53. The number of carbonyl (C=O) groups excluding carboxylic acids is 1. The van der Waals surface area contributed by atoms with Crippen LogP contribution in [-0.4, -0.2) is 12.8 Å². The van der Waals surface area contributed by atoms with Crippen molar-refractivity contribution in [3.63, 3.8) is 0 Å². The molecule has 0 saturated carbocycles. The monoisotopic (exact) mass is 202 g/mol. The molecule has 0 aliphatic heterocycles. The first-order chi connectivity index (χ1) is 6.57. The lowest BCUT2D eigenvalue weighted by Gasteiger charge is -2.04. The first kappa shape index (κ1) is 12.5. The van der Waals surface area contributed by atoms with Crippen molar-refractivity contribution in [3.8, 4) is 0 Å². The van der Waals surface area contributed by atoms with Crippen LogP contribution in [0.3, 0.4) is 0 Å². The number of rotatable bonds is 5. The molecule has 0 aliphatic rings. The van der Waals surface area contributed by atoms with E-state index in [1.54, 1.807) is 6.92 Å². The lowest BCUT2D eigenvalue weighted by atomic mass is 10.3. The van der Waals surface area contributed by atoms with Gasteiger partial charge in [0.1, 0.15) is 12.4 Å². The Morgan fingerprint density at radius 1 is 1.29 bits per heavy atom. The third-order valence-electron chi connectivity index (χ3n) is 1.28. The van der Waals surface area contributed by atoms with Gasteiger partial charge in [-0.3, -0.25) is 0 Å². The largest absolute Gasteiger partial charge is 0.543 e. The third kappa shape index (κ3) is 6.07. The van der Waals surface area contributed by atoms with E-state index in [0.29, 0.717) is 5.76 Å². The molecule has 14 heavy (non-hydrogen) atoms. The molecule has 0 saturated heterocycles. The van der Waals surface area contributed by atoms with E-state index in [0.717, 1.165) is 5.57 Å². The maximum atomic E-state index is 10.6. The lowest BCUT2D eigenvalue weighted by molar-refractivity contribution is -0.468. The van der Waals surface area contributed by atoms with E-state index in [-0.39, 0.29) is 6.61 Å². The second-order valence-corrected chi connectivity index (χ2v) is 2.64. The van der Waals surface area contributed by atoms with Gasteiger partial charge in [-0.15, -0.1) is 0 Å². The van der Waals surface area contributed by atoms with Crippen LogP contribution in [0.5, 0.6) is 0 Å². The second-order valence-electron chi connectivity index (χ2n) is 2.64. The molecule has 0 spiro atoms. The van der Waals surface area contributed by atoms with Crippen molar-refractivity contribution in [1.29, 1.82) is 0 Å². The lowest BCUT2D eigenvalue weighted by Crippen LogP contribution is -2.08. The van der Waals surface area contributed by atoms with Gasteiger partial charge in [0, 0.05) is 5.04 Å². The fraction of sp³-hybridized carbons (Fsp3) is 0.444. The predicted octanol–water partition coefficient (Wildman–Crippen LogP) is 2.50. The summed E-state index contributed by atoms with van der Waals surface area (Å²) in [7, 11) is 0. The fourth-order valence-corrected chi connectivity index (χ4v) is 0.330. The van der Waals surface area contributed by atoms with Gasteiger partial charge >= 0.3 is 6.16 Å². The van der Waals surface area contributed by atoms with E-state index in [1.807, 2.05) is 13.8 Å². The van der Waals surface area contributed by atoms with Crippen LogP contribution in [0, 0.1) is 0 Å². The van der Waals surface area contributed by atoms with Crippen molar-refractivity contribution in [2.45, 2.75) is 20.8 Å². The van der Waals surface area contributed by atoms with Crippen LogP contribution in [0.15, 0.2) is 24.0 Å². The zero-order valence-corrected chi connectivity index (χ0v) is 8.53. The normalized spacial score (nSPS) is 8.79. The van der Waals surface area contributed by atoms with E-state index < -0.39 is 6.16 Å². The fourth-order valence-electron chi connectivity index (χ4n) is 0.330. The standard InChI is InChI=1S/C9H14O5/c1-5-6-11-9(10)13-14-12-8(4)7(2)3/h5H,1,6H2,2-4H3. The molecule has 0 amide bonds. The summed E-state index contributed by atoms with van der Waals surface area (Å²) in [5.41, 5.74) is 0.910. The summed E-state index contributed by atoms with van der Waals surface area (Å²) < 4.78 is 4.43.